The third-order valence-electron chi connectivity index (χ3n) is 2.22. The minimum atomic E-state index is -3.52. The van der Waals surface area contributed by atoms with Gasteiger partial charge in [0.2, 0.25) is 10.0 Å². The van der Waals surface area contributed by atoms with Crippen LogP contribution in [-0.2, 0) is 14.8 Å². The lowest BCUT2D eigenvalue weighted by molar-refractivity contribution is -0.132. The van der Waals surface area contributed by atoms with Crippen LogP contribution < -0.4 is 4.72 Å². The van der Waals surface area contributed by atoms with Gasteiger partial charge in [0.25, 0.3) is 0 Å². The number of benzene rings is 1. The monoisotopic (exact) mass is 269 g/mol. The van der Waals surface area contributed by atoms with Crippen LogP contribution in [0, 0.1) is 0 Å². The standard InChI is InChI=1S/C12H15NO4S/c1-3-13-18(16,17)11-6-4-5-10(8-11)7-9(2)12(14)15/h4-8,13H,3H2,1-2H3,(H,14,15)/b9-7+. The summed E-state index contributed by atoms with van der Waals surface area (Å²) in [5.41, 5.74) is 0.682. The van der Waals surface area contributed by atoms with Crippen molar-refractivity contribution in [2.75, 3.05) is 6.54 Å². The lowest BCUT2D eigenvalue weighted by atomic mass is 10.1. The number of rotatable bonds is 5. The van der Waals surface area contributed by atoms with Crippen LogP contribution in [0.2, 0.25) is 0 Å². The van der Waals surface area contributed by atoms with Crippen molar-refractivity contribution in [2.24, 2.45) is 0 Å². The van der Waals surface area contributed by atoms with Gasteiger partial charge in [-0.25, -0.2) is 17.9 Å². The van der Waals surface area contributed by atoms with Crippen molar-refractivity contribution in [1.82, 2.24) is 4.72 Å². The molecular weight excluding hydrogens is 254 g/mol. The Balaban J connectivity index is 3.15. The largest absolute Gasteiger partial charge is 0.478 e. The van der Waals surface area contributed by atoms with Gasteiger partial charge < -0.3 is 5.11 Å². The second kappa shape index (κ2) is 5.79. The van der Waals surface area contributed by atoms with Crippen LogP contribution in [0.5, 0.6) is 0 Å². The van der Waals surface area contributed by atoms with Gasteiger partial charge in [-0.15, -0.1) is 0 Å². The van der Waals surface area contributed by atoms with Crippen molar-refractivity contribution < 1.29 is 18.3 Å². The van der Waals surface area contributed by atoms with Gasteiger partial charge in [0.05, 0.1) is 4.90 Å². The number of sulfonamides is 1. The van der Waals surface area contributed by atoms with Gasteiger partial charge in [-0.3, -0.25) is 0 Å². The summed E-state index contributed by atoms with van der Waals surface area (Å²) in [5, 5.41) is 8.76. The van der Waals surface area contributed by atoms with Gasteiger partial charge in [0.1, 0.15) is 0 Å². The fourth-order valence-corrected chi connectivity index (χ4v) is 2.45. The van der Waals surface area contributed by atoms with Crippen LogP contribution >= 0.6 is 0 Å². The molecule has 1 aromatic rings. The van der Waals surface area contributed by atoms with Crippen LogP contribution in [0.25, 0.3) is 6.08 Å². The SMILES string of the molecule is CCNS(=O)(=O)c1cccc(/C=C(\C)C(=O)O)c1. The Morgan fingerprint density at radius 1 is 1.44 bits per heavy atom. The summed E-state index contributed by atoms with van der Waals surface area (Å²) in [7, 11) is -3.52. The van der Waals surface area contributed by atoms with Crippen molar-refractivity contribution in [2.45, 2.75) is 18.7 Å². The molecule has 0 saturated carbocycles. The third kappa shape index (κ3) is 3.68. The Bertz CT molecular complexity index is 575. The van der Waals surface area contributed by atoms with Crippen molar-refractivity contribution in [3.63, 3.8) is 0 Å². The first-order valence-electron chi connectivity index (χ1n) is 5.38. The quantitative estimate of drug-likeness (QED) is 0.793. The Morgan fingerprint density at radius 2 is 2.11 bits per heavy atom. The molecule has 0 radical (unpaired) electrons. The van der Waals surface area contributed by atoms with E-state index in [9.17, 15) is 13.2 Å². The van der Waals surface area contributed by atoms with E-state index in [2.05, 4.69) is 4.72 Å². The zero-order valence-electron chi connectivity index (χ0n) is 10.2. The molecule has 0 aromatic heterocycles. The normalized spacial score (nSPS) is 12.4. The average Bonchev–Trinajstić information content (AvgIpc) is 2.29. The number of hydrogen-bond donors (Lipinski definition) is 2. The molecule has 0 aliphatic carbocycles. The fourth-order valence-electron chi connectivity index (χ4n) is 1.36. The second-order valence-electron chi connectivity index (χ2n) is 3.71. The highest BCUT2D eigenvalue weighted by molar-refractivity contribution is 7.89. The van der Waals surface area contributed by atoms with Crippen LogP contribution in [0.1, 0.15) is 19.4 Å². The molecule has 98 valence electrons. The molecule has 0 spiro atoms. The topological polar surface area (TPSA) is 83.5 Å². The van der Waals surface area contributed by atoms with Crippen LogP contribution in [0.4, 0.5) is 0 Å². The smallest absolute Gasteiger partial charge is 0.331 e. The second-order valence-corrected chi connectivity index (χ2v) is 5.47. The summed E-state index contributed by atoms with van der Waals surface area (Å²) in [6, 6.07) is 6.12. The molecule has 5 nitrogen and oxygen atoms in total. The summed E-state index contributed by atoms with van der Waals surface area (Å²) < 4.78 is 25.9. The minimum Gasteiger partial charge on any atom is -0.478 e. The molecule has 0 bridgehead atoms. The highest BCUT2D eigenvalue weighted by atomic mass is 32.2. The molecule has 6 heteroatoms. The molecule has 1 aromatic carbocycles. The summed E-state index contributed by atoms with van der Waals surface area (Å²) >= 11 is 0. The van der Waals surface area contributed by atoms with Gasteiger partial charge in [0, 0.05) is 12.1 Å². The first-order valence-corrected chi connectivity index (χ1v) is 6.86. The van der Waals surface area contributed by atoms with Crippen molar-refractivity contribution in [1.29, 1.82) is 0 Å². The molecule has 0 atom stereocenters. The molecule has 0 fully saturated rings. The molecule has 0 amide bonds. The van der Waals surface area contributed by atoms with E-state index in [1.54, 1.807) is 19.1 Å². The van der Waals surface area contributed by atoms with Crippen molar-refractivity contribution >= 4 is 22.1 Å². The maximum Gasteiger partial charge on any atom is 0.331 e. The number of hydrogen-bond acceptors (Lipinski definition) is 3. The highest BCUT2D eigenvalue weighted by Gasteiger charge is 2.12. The fraction of sp³-hybridized carbons (Fsp3) is 0.250. The van der Waals surface area contributed by atoms with E-state index in [4.69, 9.17) is 5.11 Å². The maximum atomic E-state index is 11.8. The van der Waals surface area contributed by atoms with E-state index in [-0.39, 0.29) is 10.5 Å². The molecule has 2 N–H and O–H groups in total. The number of carbonyl (C=O) groups is 1. The van der Waals surface area contributed by atoms with Gasteiger partial charge >= 0.3 is 5.97 Å². The van der Waals surface area contributed by atoms with Crippen LogP contribution in [0.3, 0.4) is 0 Å². The van der Waals surface area contributed by atoms with E-state index >= 15 is 0 Å². The first kappa shape index (κ1) is 14.4. The minimum absolute atomic E-state index is 0.122. The highest BCUT2D eigenvalue weighted by Crippen LogP contribution is 2.14. The lowest BCUT2D eigenvalue weighted by Crippen LogP contribution is -2.23. The average molecular weight is 269 g/mol. The Kier molecular flexibility index (Phi) is 4.63. The zero-order chi connectivity index (χ0) is 13.8. The van der Waals surface area contributed by atoms with Gasteiger partial charge in [-0.2, -0.15) is 0 Å². The van der Waals surface area contributed by atoms with E-state index in [1.165, 1.54) is 25.1 Å². The summed E-state index contributed by atoms with van der Waals surface area (Å²) in [4.78, 5) is 10.8. The predicted octanol–water partition coefficient (Wildman–Crippen LogP) is 1.47. The van der Waals surface area contributed by atoms with E-state index in [1.807, 2.05) is 0 Å². The molecular formula is C12H15NO4S. The van der Waals surface area contributed by atoms with Gasteiger partial charge in [0.15, 0.2) is 0 Å². The van der Waals surface area contributed by atoms with Gasteiger partial charge in [-0.05, 0) is 30.7 Å². The molecule has 0 aliphatic heterocycles. The zero-order valence-corrected chi connectivity index (χ0v) is 11.0. The number of carboxylic acid groups (broad SMARTS) is 1. The summed E-state index contributed by atoms with van der Waals surface area (Å²) in [6.07, 6.45) is 1.42. The van der Waals surface area contributed by atoms with Crippen molar-refractivity contribution in [3.05, 3.63) is 35.4 Å². The van der Waals surface area contributed by atoms with Crippen LogP contribution in [0.15, 0.2) is 34.7 Å². The molecule has 1 rings (SSSR count). The maximum absolute atomic E-state index is 11.8. The first-order chi connectivity index (χ1) is 8.36. The van der Waals surface area contributed by atoms with Crippen LogP contribution in [-0.4, -0.2) is 26.0 Å². The number of aliphatic carboxylic acids is 1. The van der Waals surface area contributed by atoms with Gasteiger partial charge in [-0.1, -0.05) is 19.1 Å². The van der Waals surface area contributed by atoms with Crippen molar-refractivity contribution in [3.8, 4) is 0 Å². The molecule has 0 aliphatic rings. The number of nitrogens with one attached hydrogen (secondary N) is 1. The summed E-state index contributed by atoms with van der Waals surface area (Å²) in [6.45, 7) is 3.44. The molecule has 18 heavy (non-hydrogen) atoms. The van der Waals surface area contributed by atoms with E-state index < -0.39 is 16.0 Å². The molecule has 0 saturated heterocycles. The number of carboxylic acids is 1. The third-order valence-corrected chi connectivity index (χ3v) is 3.77. The summed E-state index contributed by atoms with van der Waals surface area (Å²) in [5.74, 6) is -1.03. The van der Waals surface area contributed by atoms with E-state index in [0.717, 1.165) is 0 Å². The molecule has 0 unspecified atom stereocenters. The Hall–Kier alpha value is -1.66. The molecule has 0 heterocycles. The van der Waals surface area contributed by atoms with E-state index in [0.29, 0.717) is 12.1 Å². The predicted molar refractivity (Wildman–Crippen MR) is 68.6 cm³/mol. The lowest BCUT2D eigenvalue weighted by Gasteiger charge is -2.05. The Morgan fingerprint density at radius 3 is 2.67 bits per heavy atom. The Labute approximate surface area is 106 Å².